The lowest BCUT2D eigenvalue weighted by molar-refractivity contribution is -0.133. The summed E-state index contributed by atoms with van der Waals surface area (Å²) in [7, 11) is 0. The van der Waals surface area contributed by atoms with Crippen molar-refractivity contribution in [1.82, 2.24) is 0 Å². The summed E-state index contributed by atoms with van der Waals surface area (Å²) in [6.45, 7) is 5.12. The Morgan fingerprint density at radius 1 is 0.600 bits per heavy atom. The second-order valence-corrected chi connectivity index (χ2v) is 8.25. The van der Waals surface area contributed by atoms with E-state index in [2.05, 4.69) is 15.9 Å². The molecule has 0 amide bonds. The van der Waals surface area contributed by atoms with Crippen LogP contribution in [0, 0.1) is 0 Å². The molecule has 0 aliphatic heterocycles. The number of esters is 4. The Bertz CT molecular complexity index is 1330. The fraction of sp³-hybridized carbons (Fsp3) is 0.154. The van der Waals surface area contributed by atoms with E-state index in [9.17, 15) is 19.2 Å². The number of rotatable bonds is 6. The molecule has 3 aromatic rings. The molecule has 35 heavy (non-hydrogen) atoms. The number of carbonyl (C=O) groups is 4. The van der Waals surface area contributed by atoms with Gasteiger partial charge in [-0.15, -0.1) is 0 Å². The highest BCUT2D eigenvalue weighted by Gasteiger charge is 2.18. The first kappa shape index (κ1) is 25.6. The zero-order valence-electron chi connectivity index (χ0n) is 19.3. The van der Waals surface area contributed by atoms with Gasteiger partial charge in [-0.05, 0) is 63.5 Å². The Labute approximate surface area is 209 Å². The van der Waals surface area contributed by atoms with E-state index in [1.165, 1.54) is 45.9 Å². The van der Waals surface area contributed by atoms with Gasteiger partial charge in [0.05, 0.1) is 4.47 Å². The lowest BCUT2D eigenvalue weighted by Gasteiger charge is -2.15. The molecule has 0 bridgehead atoms. The highest BCUT2D eigenvalue weighted by atomic mass is 79.9. The fourth-order valence-corrected chi connectivity index (χ4v) is 3.84. The molecule has 0 N–H and O–H groups in total. The minimum Gasteiger partial charge on any atom is -0.427 e. The minimum absolute atomic E-state index is 0.236. The van der Waals surface area contributed by atoms with Crippen molar-refractivity contribution in [1.29, 1.82) is 0 Å². The molecular formula is C26H21BrO8. The molecule has 0 saturated carbocycles. The molecule has 0 aromatic heterocycles. The summed E-state index contributed by atoms with van der Waals surface area (Å²) >= 11 is 3.37. The number of ether oxygens (including phenoxy) is 4. The highest BCUT2D eigenvalue weighted by Crippen LogP contribution is 2.42. The van der Waals surface area contributed by atoms with E-state index in [-0.39, 0.29) is 23.0 Å². The lowest BCUT2D eigenvalue weighted by Crippen LogP contribution is -2.06. The third-order valence-corrected chi connectivity index (χ3v) is 5.06. The largest absolute Gasteiger partial charge is 0.427 e. The summed E-state index contributed by atoms with van der Waals surface area (Å²) in [5.74, 6) is -1.03. The first-order valence-electron chi connectivity index (χ1n) is 10.4. The van der Waals surface area contributed by atoms with E-state index < -0.39 is 23.9 Å². The van der Waals surface area contributed by atoms with Crippen molar-refractivity contribution in [2.75, 3.05) is 0 Å². The number of carbonyl (C=O) groups excluding carboxylic acids is 4. The van der Waals surface area contributed by atoms with Crippen LogP contribution in [0.4, 0.5) is 0 Å². The first-order valence-corrected chi connectivity index (χ1v) is 11.1. The third-order valence-electron chi connectivity index (χ3n) is 4.48. The highest BCUT2D eigenvalue weighted by molar-refractivity contribution is 9.10. The topological polar surface area (TPSA) is 105 Å². The zero-order chi connectivity index (χ0) is 25.7. The van der Waals surface area contributed by atoms with Crippen molar-refractivity contribution in [3.63, 3.8) is 0 Å². The molecule has 180 valence electrons. The number of halogens is 1. The first-order chi connectivity index (χ1) is 16.5. The second-order valence-electron chi connectivity index (χ2n) is 7.40. The van der Waals surface area contributed by atoms with Gasteiger partial charge >= 0.3 is 23.9 Å². The van der Waals surface area contributed by atoms with E-state index in [1.54, 1.807) is 36.4 Å². The van der Waals surface area contributed by atoms with Crippen molar-refractivity contribution in [3.05, 3.63) is 59.1 Å². The summed E-state index contributed by atoms with van der Waals surface area (Å²) in [6, 6.07) is 14.8. The molecule has 3 rings (SSSR count). The van der Waals surface area contributed by atoms with Crippen molar-refractivity contribution in [3.8, 4) is 45.3 Å². The van der Waals surface area contributed by atoms with Crippen LogP contribution in [0.2, 0.25) is 0 Å². The SMILES string of the molecule is CC(=O)Oc1ccc(OC(C)=O)c(-c2cccc(-c3cc(OC(C)=O)cc(Br)c3OC(C)=O)c2)c1. The Hall–Kier alpha value is -3.98. The second kappa shape index (κ2) is 11.0. The molecule has 0 fully saturated rings. The Balaban J connectivity index is 2.20. The smallest absolute Gasteiger partial charge is 0.308 e. The van der Waals surface area contributed by atoms with Gasteiger partial charge in [-0.3, -0.25) is 19.2 Å². The molecule has 3 aromatic carbocycles. The normalized spacial score (nSPS) is 10.3. The maximum atomic E-state index is 11.8. The molecule has 0 radical (unpaired) electrons. The molecule has 8 nitrogen and oxygen atoms in total. The maximum absolute atomic E-state index is 11.8. The molecule has 0 aliphatic rings. The number of hydrogen-bond acceptors (Lipinski definition) is 8. The summed E-state index contributed by atoms with van der Waals surface area (Å²) in [6.07, 6.45) is 0. The Morgan fingerprint density at radius 2 is 1.14 bits per heavy atom. The van der Waals surface area contributed by atoms with Gasteiger partial charge in [0.25, 0.3) is 0 Å². The van der Waals surface area contributed by atoms with E-state index in [0.717, 1.165) is 0 Å². The van der Waals surface area contributed by atoms with E-state index in [1.807, 2.05) is 0 Å². The third kappa shape index (κ3) is 6.77. The van der Waals surface area contributed by atoms with Gasteiger partial charge in [-0.2, -0.15) is 0 Å². The van der Waals surface area contributed by atoms with Crippen LogP contribution in [-0.4, -0.2) is 23.9 Å². The van der Waals surface area contributed by atoms with Crippen LogP contribution >= 0.6 is 15.9 Å². The molecule has 0 atom stereocenters. The standard InChI is InChI=1S/C26H21BrO8/c1-14(28)32-20-8-9-25(34-16(3)30)22(11-20)18-6-5-7-19(10-18)23-12-21(33-15(2)29)13-24(27)26(23)35-17(4)31/h5-13H,1-4H3. The van der Waals surface area contributed by atoms with Gasteiger partial charge in [0, 0.05) is 38.8 Å². The number of benzene rings is 3. The maximum Gasteiger partial charge on any atom is 0.308 e. The van der Waals surface area contributed by atoms with E-state index >= 15 is 0 Å². The van der Waals surface area contributed by atoms with Crippen LogP contribution in [0.15, 0.2) is 59.1 Å². The lowest BCUT2D eigenvalue weighted by atomic mass is 9.97. The molecular weight excluding hydrogens is 520 g/mol. The van der Waals surface area contributed by atoms with Crippen LogP contribution in [0.25, 0.3) is 22.3 Å². The number of hydrogen-bond donors (Lipinski definition) is 0. The summed E-state index contributed by atoms with van der Waals surface area (Å²) in [5, 5.41) is 0. The van der Waals surface area contributed by atoms with Crippen LogP contribution < -0.4 is 18.9 Å². The molecule has 0 unspecified atom stereocenters. The summed E-state index contributed by atoms with van der Waals surface area (Å²) in [5.41, 5.74) is 2.19. The zero-order valence-corrected chi connectivity index (χ0v) is 20.9. The van der Waals surface area contributed by atoms with Gasteiger partial charge < -0.3 is 18.9 Å². The van der Waals surface area contributed by atoms with Crippen molar-refractivity contribution >= 4 is 39.8 Å². The van der Waals surface area contributed by atoms with Gasteiger partial charge in [-0.25, -0.2) is 0 Å². The average Bonchev–Trinajstić information content (AvgIpc) is 2.75. The van der Waals surface area contributed by atoms with Gasteiger partial charge in [0.1, 0.15) is 17.2 Å². The molecule has 0 aliphatic carbocycles. The van der Waals surface area contributed by atoms with Gasteiger partial charge in [-0.1, -0.05) is 18.2 Å². The van der Waals surface area contributed by atoms with Crippen LogP contribution in [-0.2, 0) is 19.2 Å². The average molecular weight is 541 g/mol. The summed E-state index contributed by atoms with van der Waals surface area (Å²) in [4.78, 5) is 46.4. The molecule has 0 spiro atoms. The molecule has 9 heteroatoms. The quantitative estimate of drug-likeness (QED) is 0.298. The monoisotopic (exact) mass is 540 g/mol. The van der Waals surface area contributed by atoms with Crippen molar-refractivity contribution < 1.29 is 38.1 Å². The van der Waals surface area contributed by atoms with Crippen molar-refractivity contribution in [2.24, 2.45) is 0 Å². The Kier molecular flexibility index (Phi) is 8.03. The molecule has 0 saturated heterocycles. The van der Waals surface area contributed by atoms with E-state index in [0.29, 0.717) is 26.7 Å². The predicted molar refractivity (Wildman–Crippen MR) is 130 cm³/mol. The minimum atomic E-state index is -0.533. The van der Waals surface area contributed by atoms with Crippen LogP contribution in [0.5, 0.6) is 23.0 Å². The van der Waals surface area contributed by atoms with Gasteiger partial charge in [0.15, 0.2) is 5.75 Å². The van der Waals surface area contributed by atoms with Crippen LogP contribution in [0.1, 0.15) is 27.7 Å². The predicted octanol–water partition coefficient (Wildman–Crippen LogP) is 5.48. The van der Waals surface area contributed by atoms with E-state index in [4.69, 9.17) is 18.9 Å². The summed E-state index contributed by atoms with van der Waals surface area (Å²) < 4.78 is 21.6. The van der Waals surface area contributed by atoms with Crippen LogP contribution in [0.3, 0.4) is 0 Å². The Morgan fingerprint density at radius 3 is 1.74 bits per heavy atom. The van der Waals surface area contributed by atoms with Crippen molar-refractivity contribution in [2.45, 2.75) is 27.7 Å². The fourth-order valence-electron chi connectivity index (χ4n) is 3.32. The van der Waals surface area contributed by atoms with Gasteiger partial charge in [0.2, 0.25) is 0 Å². The molecule has 0 heterocycles.